The zero-order chi connectivity index (χ0) is 24.2. The summed E-state index contributed by atoms with van der Waals surface area (Å²) in [4.78, 5) is 12.2. The van der Waals surface area contributed by atoms with E-state index in [1.54, 1.807) is 0 Å². The SMILES string of the molecule is COc1ccc(NC(=O)c2ccc(OC(F)(F)F)cc2)cc1NS(=O)(=O)c1ccc(F)cc1. The molecule has 0 fully saturated rings. The highest BCUT2D eigenvalue weighted by Gasteiger charge is 2.31. The van der Waals surface area contributed by atoms with Gasteiger partial charge in [-0.05, 0) is 66.7 Å². The van der Waals surface area contributed by atoms with Crippen LogP contribution in [-0.4, -0.2) is 27.8 Å². The molecule has 0 aliphatic rings. The number of rotatable bonds is 7. The van der Waals surface area contributed by atoms with Crippen molar-refractivity contribution in [1.82, 2.24) is 0 Å². The monoisotopic (exact) mass is 484 g/mol. The Labute approximate surface area is 186 Å². The van der Waals surface area contributed by atoms with E-state index in [1.165, 1.54) is 25.3 Å². The van der Waals surface area contributed by atoms with Gasteiger partial charge in [-0.2, -0.15) is 0 Å². The zero-order valence-corrected chi connectivity index (χ0v) is 17.6. The maximum atomic E-state index is 13.1. The Morgan fingerprint density at radius 1 is 0.939 bits per heavy atom. The molecule has 0 atom stereocenters. The van der Waals surface area contributed by atoms with Crippen LogP contribution in [0.1, 0.15) is 10.4 Å². The van der Waals surface area contributed by atoms with Crippen molar-refractivity contribution in [2.75, 3.05) is 17.1 Å². The molecule has 1 amide bonds. The average molecular weight is 484 g/mol. The number of alkyl halides is 3. The van der Waals surface area contributed by atoms with Crippen LogP contribution in [0.15, 0.2) is 71.6 Å². The quantitative estimate of drug-likeness (QED) is 0.471. The van der Waals surface area contributed by atoms with Gasteiger partial charge in [-0.1, -0.05) is 0 Å². The Bertz CT molecular complexity index is 1250. The van der Waals surface area contributed by atoms with Crippen molar-refractivity contribution in [2.45, 2.75) is 11.3 Å². The lowest BCUT2D eigenvalue weighted by Crippen LogP contribution is -2.17. The smallest absolute Gasteiger partial charge is 0.495 e. The number of anilines is 2. The third-order valence-corrected chi connectivity index (χ3v) is 5.56. The van der Waals surface area contributed by atoms with Gasteiger partial charge in [0, 0.05) is 11.3 Å². The number of hydrogen-bond donors (Lipinski definition) is 2. The van der Waals surface area contributed by atoms with Crippen molar-refractivity contribution < 1.29 is 40.2 Å². The molecule has 2 N–H and O–H groups in total. The molecule has 7 nitrogen and oxygen atoms in total. The molecule has 0 aliphatic heterocycles. The maximum Gasteiger partial charge on any atom is 0.573 e. The van der Waals surface area contributed by atoms with Gasteiger partial charge in [-0.3, -0.25) is 9.52 Å². The number of halogens is 4. The third-order valence-electron chi connectivity index (χ3n) is 4.18. The van der Waals surface area contributed by atoms with Crippen molar-refractivity contribution in [3.63, 3.8) is 0 Å². The van der Waals surface area contributed by atoms with Crippen molar-refractivity contribution in [3.05, 3.63) is 78.1 Å². The fourth-order valence-electron chi connectivity index (χ4n) is 2.69. The van der Waals surface area contributed by atoms with Gasteiger partial charge in [-0.15, -0.1) is 13.2 Å². The van der Waals surface area contributed by atoms with E-state index in [0.717, 1.165) is 48.5 Å². The fraction of sp³-hybridized carbons (Fsp3) is 0.0952. The predicted octanol–water partition coefficient (Wildman–Crippen LogP) is 4.79. The molecule has 0 heterocycles. The van der Waals surface area contributed by atoms with Gasteiger partial charge in [0.2, 0.25) is 0 Å². The first-order valence-electron chi connectivity index (χ1n) is 9.10. The summed E-state index contributed by atoms with van der Waals surface area (Å²) in [7, 11) is -2.78. The number of sulfonamides is 1. The van der Waals surface area contributed by atoms with Crippen LogP contribution in [0.3, 0.4) is 0 Å². The van der Waals surface area contributed by atoms with Crippen LogP contribution < -0.4 is 19.5 Å². The standard InChI is InChI=1S/C21H16F4N2O5S/c1-31-19-11-6-15(12-18(19)27-33(29,30)17-9-4-14(22)5-10-17)26-20(28)13-2-7-16(8-3-13)32-21(23,24)25/h2-12,27H,1H3,(H,26,28). The van der Waals surface area contributed by atoms with Crippen molar-refractivity contribution >= 4 is 27.3 Å². The molecule has 0 spiro atoms. The lowest BCUT2D eigenvalue weighted by molar-refractivity contribution is -0.274. The Kier molecular flexibility index (Phi) is 6.77. The van der Waals surface area contributed by atoms with Crippen LogP contribution in [0.4, 0.5) is 28.9 Å². The minimum Gasteiger partial charge on any atom is -0.495 e. The van der Waals surface area contributed by atoms with Gasteiger partial charge in [0.1, 0.15) is 17.3 Å². The summed E-state index contributed by atoms with van der Waals surface area (Å²) in [5, 5.41) is 2.51. The third kappa shape index (κ3) is 6.35. The molecular formula is C21H16F4N2O5S. The lowest BCUT2D eigenvalue weighted by atomic mass is 10.2. The molecule has 3 aromatic carbocycles. The average Bonchev–Trinajstić information content (AvgIpc) is 2.73. The molecule has 0 saturated heterocycles. The second-order valence-corrected chi connectivity index (χ2v) is 8.18. The number of carbonyl (C=O) groups excluding carboxylic acids is 1. The molecule has 0 unspecified atom stereocenters. The van der Waals surface area contributed by atoms with E-state index < -0.39 is 33.9 Å². The molecule has 12 heteroatoms. The summed E-state index contributed by atoms with van der Waals surface area (Å²) in [5.74, 6) is -1.60. The normalized spacial score (nSPS) is 11.5. The van der Waals surface area contributed by atoms with Gasteiger partial charge >= 0.3 is 6.36 Å². The highest BCUT2D eigenvalue weighted by atomic mass is 32.2. The maximum absolute atomic E-state index is 13.1. The molecule has 33 heavy (non-hydrogen) atoms. The molecule has 0 saturated carbocycles. The number of methoxy groups -OCH3 is 1. The van der Waals surface area contributed by atoms with Gasteiger partial charge in [-0.25, -0.2) is 12.8 Å². The summed E-state index contributed by atoms with van der Waals surface area (Å²) < 4.78 is 86.3. The van der Waals surface area contributed by atoms with E-state index in [4.69, 9.17) is 4.74 Å². The molecule has 3 rings (SSSR count). The van der Waals surface area contributed by atoms with E-state index >= 15 is 0 Å². The summed E-state index contributed by atoms with van der Waals surface area (Å²) in [5.41, 5.74) is 0.204. The number of hydrogen-bond acceptors (Lipinski definition) is 5. The first-order valence-corrected chi connectivity index (χ1v) is 10.6. The van der Waals surface area contributed by atoms with Gasteiger partial charge in [0.05, 0.1) is 17.7 Å². The first kappa shape index (κ1) is 23.9. The van der Waals surface area contributed by atoms with Crippen molar-refractivity contribution in [3.8, 4) is 11.5 Å². The van der Waals surface area contributed by atoms with Crippen LogP contribution in [-0.2, 0) is 10.0 Å². The van der Waals surface area contributed by atoms with Crippen LogP contribution in [0.5, 0.6) is 11.5 Å². The highest BCUT2D eigenvalue weighted by Crippen LogP contribution is 2.30. The summed E-state index contributed by atoms with van der Waals surface area (Å²) in [6, 6.07) is 12.5. The predicted molar refractivity (Wildman–Crippen MR) is 111 cm³/mol. The van der Waals surface area contributed by atoms with E-state index in [9.17, 15) is 30.8 Å². The number of amides is 1. The first-order chi connectivity index (χ1) is 15.5. The molecule has 0 aliphatic carbocycles. The van der Waals surface area contributed by atoms with Crippen LogP contribution in [0.2, 0.25) is 0 Å². The zero-order valence-electron chi connectivity index (χ0n) is 16.8. The summed E-state index contributed by atoms with van der Waals surface area (Å²) in [6.07, 6.45) is -4.86. The van der Waals surface area contributed by atoms with Crippen LogP contribution in [0, 0.1) is 5.82 Å². The van der Waals surface area contributed by atoms with E-state index in [-0.39, 0.29) is 27.6 Å². The number of carbonyl (C=O) groups is 1. The number of nitrogens with one attached hydrogen (secondary N) is 2. The molecule has 0 bridgehead atoms. The number of ether oxygens (including phenoxy) is 2. The fourth-order valence-corrected chi connectivity index (χ4v) is 3.76. The minimum absolute atomic E-state index is 0.00597. The van der Waals surface area contributed by atoms with Crippen molar-refractivity contribution in [2.24, 2.45) is 0 Å². The molecular weight excluding hydrogens is 468 g/mol. The second kappa shape index (κ2) is 9.36. The van der Waals surface area contributed by atoms with Gasteiger partial charge < -0.3 is 14.8 Å². The van der Waals surface area contributed by atoms with E-state index in [1.807, 2.05) is 0 Å². The largest absolute Gasteiger partial charge is 0.573 e. The highest BCUT2D eigenvalue weighted by molar-refractivity contribution is 7.92. The van der Waals surface area contributed by atoms with E-state index in [2.05, 4.69) is 14.8 Å². The lowest BCUT2D eigenvalue weighted by Gasteiger charge is -2.14. The van der Waals surface area contributed by atoms with Gasteiger partial charge in [0.15, 0.2) is 0 Å². The van der Waals surface area contributed by atoms with Gasteiger partial charge in [0.25, 0.3) is 15.9 Å². The Balaban J connectivity index is 1.79. The van der Waals surface area contributed by atoms with E-state index in [0.29, 0.717) is 0 Å². The molecule has 174 valence electrons. The van der Waals surface area contributed by atoms with Crippen LogP contribution >= 0.6 is 0 Å². The Morgan fingerprint density at radius 2 is 1.58 bits per heavy atom. The summed E-state index contributed by atoms with van der Waals surface area (Å²) >= 11 is 0. The molecule has 0 aromatic heterocycles. The Morgan fingerprint density at radius 3 is 2.15 bits per heavy atom. The Hall–Kier alpha value is -3.80. The molecule has 0 radical (unpaired) electrons. The second-order valence-electron chi connectivity index (χ2n) is 6.50. The minimum atomic E-state index is -4.86. The van der Waals surface area contributed by atoms with Crippen molar-refractivity contribution in [1.29, 1.82) is 0 Å². The molecule has 3 aromatic rings. The number of benzene rings is 3. The topological polar surface area (TPSA) is 93.7 Å². The van der Waals surface area contributed by atoms with Crippen LogP contribution in [0.25, 0.3) is 0 Å². The summed E-state index contributed by atoms with van der Waals surface area (Å²) in [6.45, 7) is 0.